The van der Waals surface area contributed by atoms with E-state index < -0.39 is 0 Å². The Morgan fingerprint density at radius 1 is 1.31 bits per heavy atom. The number of hydrogen-bond acceptors (Lipinski definition) is 5. The van der Waals surface area contributed by atoms with E-state index in [4.69, 9.17) is 0 Å². The Morgan fingerprint density at radius 2 is 2.31 bits per heavy atom. The molecule has 1 unspecified atom stereocenters. The SMILES string of the molecule is C1=CC2=NN=C[N+]2(N2CCCCCN2)N=C1. The maximum atomic E-state index is 4.50. The van der Waals surface area contributed by atoms with Gasteiger partial charge in [-0.3, -0.25) is 0 Å². The first kappa shape index (κ1) is 9.83. The number of hydrazine groups is 1. The van der Waals surface area contributed by atoms with Crippen LogP contribution < -0.4 is 5.43 Å². The maximum absolute atomic E-state index is 4.50. The largest absolute Gasteiger partial charge is 0.301 e. The fourth-order valence-corrected chi connectivity index (χ4v) is 2.14. The first-order valence-electron chi connectivity index (χ1n) is 5.67. The summed E-state index contributed by atoms with van der Waals surface area (Å²) in [6.07, 6.45) is 11.0. The quantitative estimate of drug-likeness (QED) is 0.657. The van der Waals surface area contributed by atoms with Crippen molar-refractivity contribution in [1.82, 2.24) is 10.5 Å². The minimum absolute atomic E-state index is 0.247. The molecule has 0 bridgehead atoms. The minimum Gasteiger partial charge on any atom is -0.207 e. The summed E-state index contributed by atoms with van der Waals surface area (Å²) in [5.74, 6) is 0.844. The van der Waals surface area contributed by atoms with Crippen molar-refractivity contribution >= 4 is 18.4 Å². The minimum atomic E-state index is 0.247. The van der Waals surface area contributed by atoms with Gasteiger partial charge in [0.2, 0.25) is 0 Å². The van der Waals surface area contributed by atoms with Crippen LogP contribution in [0.5, 0.6) is 0 Å². The Balaban J connectivity index is 1.91. The van der Waals surface area contributed by atoms with Gasteiger partial charge in [0.25, 0.3) is 6.34 Å². The summed E-state index contributed by atoms with van der Waals surface area (Å²) in [6, 6.07) is 0. The van der Waals surface area contributed by atoms with Gasteiger partial charge >= 0.3 is 5.84 Å². The molecule has 0 aliphatic carbocycles. The van der Waals surface area contributed by atoms with Crippen LogP contribution in [-0.4, -0.2) is 41.3 Å². The highest BCUT2D eigenvalue weighted by Crippen LogP contribution is 2.21. The Bertz CT molecular complexity index is 388. The van der Waals surface area contributed by atoms with E-state index >= 15 is 0 Å². The number of rotatable bonds is 1. The van der Waals surface area contributed by atoms with Crippen LogP contribution in [0.1, 0.15) is 19.3 Å². The Labute approximate surface area is 94.2 Å². The first-order chi connectivity index (χ1) is 7.92. The van der Waals surface area contributed by atoms with Gasteiger partial charge in [-0.1, -0.05) is 21.7 Å². The van der Waals surface area contributed by atoms with Crippen LogP contribution in [0, 0.1) is 0 Å². The predicted octanol–water partition coefficient (Wildman–Crippen LogP) is 0.620. The number of allylic oxidation sites excluding steroid dienone is 1. The lowest BCUT2D eigenvalue weighted by atomic mass is 10.2. The van der Waals surface area contributed by atoms with Gasteiger partial charge in [0.15, 0.2) is 0 Å². The lowest BCUT2D eigenvalue weighted by molar-refractivity contribution is -0.887. The van der Waals surface area contributed by atoms with Crippen LogP contribution >= 0.6 is 0 Å². The molecule has 0 saturated carbocycles. The maximum Gasteiger partial charge on any atom is 0.301 e. The average molecular weight is 219 g/mol. The number of quaternary nitrogens is 1. The standard InChI is InChI=1S/C10H15N6/c1-2-6-12-15(8-3-1)16-9-11-14-10(16)5-4-7-13-16/h4-5,7,9,12H,1-3,6,8H2/q+1. The van der Waals surface area contributed by atoms with Gasteiger partial charge in [0.1, 0.15) is 0 Å². The third-order valence-corrected chi connectivity index (χ3v) is 2.99. The van der Waals surface area contributed by atoms with Crippen molar-refractivity contribution < 1.29 is 4.70 Å². The molecule has 3 aliphatic heterocycles. The molecule has 0 amide bonds. The molecule has 3 aliphatic rings. The number of nitrogens with zero attached hydrogens (tertiary/aromatic N) is 5. The topological polar surface area (TPSA) is 52.4 Å². The normalized spacial score (nSPS) is 33.6. The molecule has 0 aromatic rings. The van der Waals surface area contributed by atoms with Crippen molar-refractivity contribution in [3.05, 3.63) is 12.2 Å². The number of amidine groups is 1. The van der Waals surface area contributed by atoms with E-state index in [1.54, 1.807) is 12.6 Å². The molecule has 16 heavy (non-hydrogen) atoms. The zero-order chi connectivity index (χ0) is 10.8. The summed E-state index contributed by atoms with van der Waals surface area (Å²) in [5, 5.41) is 14.7. The molecule has 1 saturated heterocycles. The monoisotopic (exact) mass is 219 g/mol. The third kappa shape index (κ3) is 1.42. The van der Waals surface area contributed by atoms with Crippen LogP contribution in [-0.2, 0) is 0 Å². The summed E-state index contributed by atoms with van der Waals surface area (Å²) < 4.78 is 0.247. The van der Waals surface area contributed by atoms with Gasteiger partial charge < -0.3 is 0 Å². The number of fused-ring (bicyclic) bond motifs is 1. The molecule has 1 atom stereocenters. The second kappa shape index (κ2) is 3.89. The molecule has 1 N–H and O–H groups in total. The van der Waals surface area contributed by atoms with Crippen LogP contribution in [0.3, 0.4) is 0 Å². The lowest BCUT2D eigenvalue weighted by Crippen LogP contribution is -2.63. The van der Waals surface area contributed by atoms with Gasteiger partial charge in [0, 0.05) is 12.6 Å². The van der Waals surface area contributed by atoms with Crippen LogP contribution in [0.25, 0.3) is 0 Å². The molecule has 6 heteroatoms. The highest BCUT2D eigenvalue weighted by molar-refractivity contribution is 5.98. The van der Waals surface area contributed by atoms with Crippen LogP contribution in [0.4, 0.5) is 0 Å². The average Bonchev–Trinajstić information content (AvgIpc) is 2.57. The highest BCUT2D eigenvalue weighted by Gasteiger charge is 2.45. The molecule has 3 rings (SSSR count). The number of nitrogens with one attached hydrogen (secondary N) is 1. The second-order valence-electron chi connectivity index (χ2n) is 4.05. The molecule has 6 nitrogen and oxygen atoms in total. The molecule has 1 fully saturated rings. The lowest BCUT2D eigenvalue weighted by Gasteiger charge is -2.33. The molecule has 0 radical (unpaired) electrons. The second-order valence-corrected chi connectivity index (χ2v) is 4.05. The third-order valence-electron chi connectivity index (χ3n) is 2.99. The summed E-state index contributed by atoms with van der Waals surface area (Å²) in [5.41, 5.74) is 3.40. The van der Waals surface area contributed by atoms with Crippen molar-refractivity contribution in [3.63, 3.8) is 0 Å². The van der Waals surface area contributed by atoms with E-state index in [9.17, 15) is 0 Å². The molecule has 0 aromatic carbocycles. The van der Waals surface area contributed by atoms with Crippen LogP contribution in [0.2, 0.25) is 0 Å². The van der Waals surface area contributed by atoms with Gasteiger partial charge in [-0.25, -0.2) is 5.43 Å². The summed E-state index contributed by atoms with van der Waals surface area (Å²) in [4.78, 5) is 0. The molecule has 0 aromatic heterocycles. The van der Waals surface area contributed by atoms with Crippen molar-refractivity contribution in [2.75, 3.05) is 13.1 Å². The summed E-state index contributed by atoms with van der Waals surface area (Å²) in [7, 11) is 0. The first-order valence-corrected chi connectivity index (χ1v) is 5.67. The zero-order valence-corrected chi connectivity index (χ0v) is 9.08. The van der Waals surface area contributed by atoms with E-state index in [1.807, 2.05) is 12.2 Å². The molecule has 0 spiro atoms. The molecular formula is C10H15N6+. The molecule has 3 heterocycles. The summed E-state index contributed by atoms with van der Waals surface area (Å²) >= 11 is 0. The van der Waals surface area contributed by atoms with Crippen molar-refractivity contribution in [3.8, 4) is 0 Å². The van der Waals surface area contributed by atoms with Gasteiger partial charge in [0.05, 0.1) is 12.8 Å². The smallest absolute Gasteiger partial charge is 0.207 e. The van der Waals surface area contributed by atoms with Crippen molar-refractivity contribution in [1.29, 1.82) is 0 Å². The van der Waals surface area contributed by atoms with Gasteiger partial charge in [-0.2, -0.15) is 0 Å². The summed E-state index contributed by atoms with van der Waals surface area (Å²) in [6.45, 7) is 1.94. The zero-order valence-electron chi connectivity index (χ0n) is 9.08. The number of hydrogen-bond donors (Lipinski definition) is 1. The predicted molar refractivity (Wildman–Crippen MR) is 62.4 cm³/mol. The van der Waals surface area contributed by atoms with E-state index in [2.05, 4.69) is 25.8 Å². The fraction of sp³-hybridized carbons (Fsp3) is 0.500. The van der Waals surface area contributed by atoms with Gasteiger partial charge in [-0.05, 0) is 28.7 Å². The molecular weight excluding hydrogens is 204 g/mol. The van der Waals surface area contributed by atoms with E-state index in [-0.39, 0.29) is 4.70 Å². The van der Waals surface area contributed by atoms with Crippen LogP contribution in [0.15, 0.2) is 27.5 Å². The van der Waals surface area contributed by atoms with Crippen molar-refractivity contribution in [2.45, 2.75) is 19.3 Å². The fourth-order valence-electron chi connectivity index (χ4n) is 2.14. The van der Waals surface area contributed by atoms with E-state index in [1.165, 1.54) is 19.3 Å². The van der Waals surface area contributed by atoms with E-state index in [0.717, 1.165) is 18.9 Å². The Morgan fingerprint density at radius 3 is 3.31 bits per heavy atom. The van der Waals surface area contributed by atoms with E-state index in [0.29, 0.717) is 0 Å². The van der Waals surface area contributed by atoms with Crippen molar-refractivity contribution in [2.24, 2.45) is 15.3 Å². The van der Waals surface area contributed by atoms with Gasteiger partial charge in [-0.15, -0.1) is 0 Å². The molecule has 84 valence electrons. The Hall–Kier alpha value is -1.37. The Kier molecular flexibility index (Phi) is 2.39. The highest BCUT2D eigenvalue weighted by atomic mass is 16.0.